The summed E-state index contributed by atoms with van der Waals surface area (Å²) in [6.45, 7) is 5.26. The van der Waals surface area contributed by atoms with E-state index in [1.165, 1.54) is 6.21 Å². The van der Waals surface area contributed by atoms with Crippen molar-refractivity contribution < 1.29 is 4.74 Å². The molecule has 0 saturated carbocycles. The highest BCUT2D eigenvalue weighted by Gasteiger charge is 2.09. The van der Waals surface area contributed by atoms with Gasteiger partial charge in [0.1, 0.15) is 0 Å². The number of hydrazone groups is 1. The largest absolute Gasteiger partial charge is 0.379 e. The molecule has 0 unspecified atom stereocenters. The molecule has 0 spiro atoms. The fourth-order valence-corrected chi connectivity index (χ4v) is 2.42. The van der Waals surface area contributed by atoms with Crippen molar-refractivity contribution in [3.8, 4) is 0 Å². The molecule has 1 aromatic rings. The number of hydrogen-bond donors (Lipinski definition) is 2. The Morgan fingerprint density at radius 1 is 1.30 bits per heavy atom. The van der Waals surface area contributed by atoms with Crippen LogP contribution in [-0.2, 0) is 4.74 Å². The van der Waals surface area contributed by atoms with Crippen LogP contribution in [0.4, 0.5) is 0 Å². The van der Waals surface area contributed by atoms with Crippen molar-refractivity contribution in [2.75, 3.05) is 39.4 Å². The molecule has 2 N–H and O–H groups in total. The number of morpholine rings is 1. The topological polar surface area (TPSA) is 48.9 Å². The second-order valence-electron chi connectivity index (χ2n) is 5.02. The Morgan fingerprint density at radius 3 is 2.78 bits per heavy atom. The van der Waals surface area contributed by atoms with Gasteiger partial charge in [-0.3, -0.25) is 10.3 Å². The van der Waals surface area contributed by atoms with Gasteiger partial charge in [-0.05, 0) is 23.9 Å². The first kappa shape index (κ1) is 17.9. The van der Waals surface area contributed by atoms with E-state index in [9.17, 15) is 0 Å². The SMILES string of the molecule is S=C(NCCN1CCOCC1)N/N=C\C(Cl)=C\c1ccccc1. The molecule has 0 aliphatic carbocycles. The lowest BCUT2D eigenvalue weighted by Gasteiger charge is -2.26. The second kappa shape index (κ2) is 10.3. The highest BCUT2D eigenvalue weighted by Crippen LogP contribution is 2.07. The van der Waals surface area contributed by atoms with Crippen LogP contribution in [0.15, 0.2) is 40.5 Å². The third kappa shape index (κ3) is 7.56. The number of hydrogen-bond acceptors (Lipinski definition) is 4. The van der Waals surface area contributed by atoms with Gasteiger partial charge >= 0.3 is 0 Å². The normalized spacial score (nSPS) is 16.5. The predicted molar refractivity (Wildman–Crippen MR) is 99.8 cm³/mol. The Labute approximate surface area is 147 Å². The van der Waals surface area contributed by atoms with Crippen LogP contribution in [0.1, 0.15) is 5.56 Å². The van der Waals surface area contributed by atoms with Crippen LogP contribution < -0.4 is 10.7 Å². The fourth-order valence-electron chi connectivity index (χ4n) is 2.09. The molecule has 2 rings (SSSR count). The molecule has 0 amide bonds. The number of nitrogens with one attached hydrogen (secondary N) is 2. The maximum atomic E-state index is 6.09. The number of thiocarbonyl (C=S) groups is 1. The van der Waals surface area contributed by atoms with Crippen LogP contribution in [0.5, 0.6) is 0 Å². The Hall–Kier alpha value is -1.47. The zero-order valence-corrected chi connectivity index (χ0v) is 14.4. The Balaban J connectivity index is 1.64. The summed E-state index contributed by atoms with van der Waals surface area (Å²) in [5.74, 6) is 0. The quantitative estimate of drug-likeness (QED) is 0.466. The lowest BCUT2D eigenvalue weighted by atomic mass is 10.2. The van der Waals surface area contributed by atoms with E-state index in [0.717, 1.165) is 45.0 Å². The van der Waals surface area contributed by atoms with Crippen molar-refractivity contribution in [3.63, 3.8) is 0 Å². The summed E-state index contributed by atoms with van der Waals surface area (Å²) < 4.78 is 5.31. The van der Waals surface area contributed by atoms with Crippen LogP contribution >= 0.6 is 23.8 Å². The number of allylic oxidation sites excluding steroid dienone is 1. The summed E-state index contributed by atoms with van der Waals surface area (Å²) in [6.07, 6.45) is 3.37. The molecule has 124 valence electrons. The van der Waals surface area contributed by atoms with Crippen molar-refractivity contribution in [3.05, 3.63) is 40.9 Å². The Bertz CT molecular complexity index is 544. The van der Waals surface area contributed by atoms with E-state index in [-0.39, 0.29) is 0 Å². The zero-order chi connectivity index (χ0) is 16.3. The average Bonchev–Trinajstić information content (AvgIpc) is 2.57. The van der Waals surface area contributed by atoms with Crippen molar-refractivity contribution in [1.82, 2.24) is 15.6 Å². The predicted octanol–water partition coefficient (Wildman–Crippen LogP) is 2.05. The average molecular weight is 353 g/mol. The first-order valence-corrected chi connectivity index (χ1v) is 8.32. The molecule has 1 aromatic carbocycles. The minimum Gasteiger partial charge on any atom is -0.379 e. The smallest absolute Gasteiger partial charge is 0.187 e. The molecule has 1 aliphatic rings. The zero-order valence-electron chi connectivity index (χ0n) is 12.9. The first-order valence-electron chi connectivity index (χ1n) is 7.53. The molecule has 0 atom stereocenters. The van der Waals surface area contributed by atoms with Gasteiger partial charge in [0.25, 0.3) is 0 Å². The molecule has 5 nitrogen and oxygen atoms in total. The molecule has 1 fully saturated rings. The van der Waals surface area contributed by atoms with Crippen LogP contribution in [0, 0.1) is 0 Å². The van der Waals surface area contributed by atoms with Crippen molar-refractivity contribution >= 4 is 41.2 Å². The van der Waals surface area contributed by atoms with E-state index in [2.05, 4.69) is 20.7 Å². The second-order valence-corrected chi connectivity index (χ2v) is 5.86. The van der Waals surface area contributed by atoms with Gasteiger partial charge in [0.2, 0.25) is 0 Å². The Kier molecular flexibility index (Phi) is 8.03. The molecular formula is C16H21ClN4OS. The highest BCUT2D eigenvalue weighted by atomic mass is 35.5. The number of ether oxygens (including phenoxy) is 1. The number of rotatable bonds is 6. The van der Waals surface area contributed by atoms with Crippen molar-refractivity contribution in [1.29, 1.82) is 0 Å². The van der Waals surface area contributed by atoms with Gasteiger partial charge in [0.05, 0.1) is 24.5 Å². The standard InChI is InChI=1S/C16H21ClN4OS/c17-15(12-14-4-2-1-3-5-14)13-19-20-16(23)18-6-7-21-8-10-22-11-9-21/h1-5,12-13H,6-11H2,(H2,18,20,23)/b15-12-,19-13-. The van der Waals surface area contributed by atoms with Crippen molar-refractivity contribution in [2.45, 2.75) is 0 Å². The van der Waals surface area contributed by atoms with Gasteiger partial charge in [0, 0.05) is 26.2 Å². The summed E-state index contributed by atoms with van der Waals surface area (Å²) in [5.41, 5.74) is 3.78. The molecular weight excluding hydrogens is 332 g/mol. The van der Waals surface area contributed by atoms with E-state index in [1.54, 1.807) is 0 Å². The van der Waals surface area contributed by atoms with Gasteiger partial charge in [-0.2, -0.15) is 5.10 Å². The molecule has 7 heteroatoms. The number of halogens is 1. The molecule has 0 aromatic heterocycles. The minimum atomic E-state index is 0.485. The molecule has 1 heterocycles. The van der Waals surface area contributed by atoms with Crippen molar-refractivity contribution in [2.24, 2.45) is 5.10 Å². The van der Waals surface area contributed by atoms with Gasteiger partial charge in [0.15, 0.2) is 5.11 Å². The maximum absolute atomic E-state index is 6.09. The lowest BCUT2D eigenvalue weighted by molar-refractivity contribution is 0.0389. The summed E-state index contributed by atoms with van der Waals surface area (Å²) in [7, 11) is 0. The van der Waals surface area contributed by atoms with Crippen LogP contribution in [0.2, 0.25) is 0 Å². The molecule has 0 bridgehead atoms. The summed E-state index contributed by atoms with van der Waals surface area (Å²) >= 11 is 11.3. The van der Waals surface area contributed by atoms with Gasteiger partial charge in [-0.1, -0.05) is 41.9 Å². The maximum Gasteiger partial charge on any atom is 0.187 e. The van der Waals surface area contributed by atoms with Crippen LogP contribution in [-0.4, -0.2) is 55.6 Å². The monoisotopic (exact) mass is 352 g/mol. The highest BCUT2D eigenvalue weighted by molar-refractivity contribution is 7.80. The number of benzene rings is 1. The van der Waals surface area contributed by atoms with Gasteiger partial charge < -0.3 is 10.1 Å². The first-order chi connectivity index (χ1) is 11.2. The van der Waals surface area contributed by atoms with E-state index in [1.807, 2.05) is 36.4 Å². The summed E-state index contributed by atoms with van der Waals surface area (Å²) in [6, 6.07) is 9.82. The van der Waals surface area contributed by atoms with E-state index >= 15 is 0 Å². The third-order valence-electron chi connectivity index (χ3n) is 3.28. The van der Waals surface area contributed by atoms with Gasteiger partial charge in [-0.25, -0.2) is 0 Å². The number of nitrogens with zero attached hydrogens (tertiary/aromatic N) is 2. The molecule has 1 saturated heterocycles. The van der Waals surface area contributed by atoms with Gasteiger partial charge in [-0.15, -0.1) is 0 Å². The minimum absolute atomic E-state index is 0.485. The molecule has 23 heavy (non-hydrogen) atoms. The lowest BCUT2D eigenvalue weighted by Crippen LogP contribution is -2.42. The molecule has 1 aliphatic heterocycles. The van der Waals surface area contributed by atoms with E-state index < -0.39 is 0 Å². The molecule has 0 radical (unpaired) electrons. The van der Waals surface area contributed by atoms with E-state index in [0.29, 0.717) is 10.1 Å². The Morgan fingerprint density at radius 2 is 2.04 bits per heavy atom. The fraction of sp³-hybridized carbons (Fsp3) is 0.375. The third-order valence-corrected chi connectivity index (χ3v) is 3.72. The van der Waals surface area contributed by atoms with E-state index in [4.69, 9.17) is 28.6 Å². The van der Waals surface area contributed by atoms with Crippen LogP contribution in [0.25, 0.3) is 6.08 Å². The summed E-state index contributed by atoms with van der Waals surface area (Å²) in [5, 5.41) is 8.15. The van der Waals surface area contributed by atoms with Crippen LogP contribution in [0.3, 0.4) is 0 Å². The summed E-state index contributed by atoms with van der Waals surface area (Å²) in [4.78, 5) is 2.34.